The smallest absolute Gasteiger partial charge is 0.321 e. The first-order valence-corrected chi connectivity index (χ1v) is 8.44. The number of rotatable bonds is 4. The zero-order valence-electron chi connectivity index (χ0n) is 14.3. The summed E-state index contributed by atoms with van der Waals surface area (Å²) in [5, 5.41) is 2.75. The number of hydrogen-bond acceptors (Lipinski definition) is 3. The molecule has 1 atom stereocenters. The summed E-state index contributed by atoms with van der Waals surface area (Å²) in [6.07, 6.45) is 0. The number of piperazine rings is 1. The lowest BCUT2D eigenvalue weighted by Gasteiger charge is -2.38. The fourth-order valence-corrected chi connectivity index (χ4v) is 3.11. The largest absolute Gasteiger partial charge is 0.368 e. The lowest BCUT2D eigenvalue weighted by atomic mass is 10.0. The van der Waals surface area contributed by atoms with Crippen molar-refractivity contribution in [2.45, 2.75) is 6.04 Å². The number of nitrogens with one attached hydrogen (secondary N) is 1. The first kappa shape index (κ1) is 17.9. The Morgan fingerprint density at radius 2 is 1.58 bits per heavy atom. The summed E-state index contributed by atoms with van der Waals surface area (Å²) in [6.45, 7) is 2.03. The molecule has 1 heterocycles. The van der Waals surface area contributed by atoms with Crippen LogP contribution in [0.5, 0.6) is 0 Å². The van der Waals surface area contributed by atoms with Gasteiger partial charge in [0.15, 0.2) is 0 Å². The molecule has 1 fully saturated rings. The van der Waals surface area contributed by atoms with Crippen molar-refractivity contribution < 1.29 is 14.0 Å². The predicted molar refractivity (Wildman–Crippen MR) is 96.9 cm³/mol. The van der Waals surface area contributed by atoms with Crippen LogP contribution in [-0.2, 0) is 4.79 Å². The third-order valence-electron chi connectivity index (χ3n) is 4.45. The molecule has 6 nitrogen and oxygen atoms in total. The third kappa shape index (κ3) is 4.18. The maximum atomic E-state index is 12.9. The van der Waals surface area contributed by atoms with E-state index in [2.05, 4.69) is 5.32 Å². The Morgan fingerprint density at radius 3 is 2.15 bits per heavy atom. The average molecular weight is 356 g/mol. The van der Waals surface area contributed by atoms with Gasteiger partial charge in [0.25, 0.3) is 0 Å². The molecule has 1 aliphatic rings. The zero-order chi connectivity index (χ0) is 18.5. The lowest BCUT2D eigenvalue weighted by Crippen LogP contribution is -2.52. The molecule has 3 rings (SSSR count). The van der Waals surface area contributed by atoms with Crippen LogP contribution in [0.4, 0.5) is 14.9 Å². The van der Waals surface area contributed by atoms with Crippen molar-refractivity contribution >= 4 is 17.6 Å². The lowest BCUT2D eigenvalue weighted by molar-refractivity contribution is -0.124. The van der Waals surface area contributed by atoms with Gasteiger partial charge < -0.3 is 16.0 Å². The molecule has 136 valence electrons. The van der Waals surface area contributed by atoms with Crippen LogP contribution < -0.4 is 11.1 Å². The molecule has 2 aromatic carbocycles. The number of halogens is 1. The van der Waals surface area contributed by atoms with Gasteiger partial charge in [-0.15, -0.1) is 0 Å². The number of primary amides is 1. The quantitative estimate of drug-likeness (QED) is 0.882. The van der Waals surface area contributed by atoms with Crippen molar-refractivity contribution in [3.63, 3.8) is 0 Å². The summed E-state index contributed by atoms with van der Waals surface area (Å²) in [4.78, 5) is 27.9. The molecule has 0 radical (unpaired) electrons. The van der Waals surface area contributed by atoms with Crippen molar-refractivity contribution in [2.75, 3.05) is 31.5 Å². The van der Waals surface area contributed by atoms with E-state index < -0.39 is 11.9 Å². The monoisotopic (exact) mass is 356 g/mol. The van der Waals surface area contributed by atoms with Gasteiger partial charge in [-0.3, -0.25) is 9.69 Å². The Labute approximate surface area is 151 Å². The van der Waals surface area contributed by atoms with Gasteiger partial charge in [0.1, 0.15) is 11.9 Å². The molecule has 7 heteroatoms. The standard InChI is InChI=1S/C19H21FN4O2/c20-15-6-8-16(9-7-15)22-19(26)24-12-10-23(11-13-24)17(18(21)25)14-4-2-1-3-5-14/h1-9,17H,10-13H2,(H2,21,25)(H,22,26)/t17-/m0/s1. The molecule has 26 heavy (non-hydrogen) atoms. The summed E-state index contributed by atoms with van der Waals surface area (Å²) >= 11 is 0. The second kappa shape index (κ2) is 7.97. The molecule has 0 aromatic heterocycles. The van der Waals surface area contributed by atoms with Gasteiger partial charge in [0.05, 0.1) is 0 Å². The highest BCUT2D eigenvalue weighted by molar-refractivity contribution is 5.89. The highest BCUT2D eigenvalue weighted by atomic mass is 19.1. The summed E-state index contributed by atoms with van der Waals surface area (Å²) < 4.78 is 12.9. The molecule has 0 bridgehead atoms. The minimum atomic E-state index is -0.501. The van der Waals surface area contributed by atoms with E-state index in [9.17, 15) is 14.0 Å². The van der Waals surface area contributed by atoms with Crippen molar-refractivity contribution in [1.29, 1.82) is 0 Å². The maximum Gasteiger partial charge on any atom is 0.321 e. The fraction of sp³-hybridized carbons (Fsp3) is 0.263. The highest BCUT2D eigenvalue weighted by Crippen LogP contribution is 2.22. The molecule has 0 spiro atoms. The minimum absolute atomic E-state index is 0.244. The molecule has 0 saturated carbocycles. The Hall–Kier alpha value is -2.93. The number of hydrogen-bond donors (Lipinski definition) is 2. The summed E-state index contributed by atoms with van der Waals surface area (Å²) in [6, 6.07) is 14.3. The van der Waals surface area contributed by atoms with Gasteiger partial charge >= 0.3 is 6.03 Å². The first-order valence-electron chi connectivity index (χ1n) is 8.44. The van der Waals surface area contributed by atoms with Crippen molar-refractivity contribution in [3.05, 3.63) is 66.0 Å². The van der Waals surface area contributed by atoms with Crippen LogP contribution in [-0.4, -0.2) is 47.9 Å². The molecule has 3 amide bonds. The van der Waals surface area contributed by atoms with Gasteiger partial charge in [-0.25, -0.2) is 9.18 Å². The number of amides is 3. The molecular formula is C19H21FN4O2. The average Bonchev–Trinajstić information content (AvgIpc) is 2.65. The fourth-order valence-electron chi connectivity index (χ4n) is 3.11. The van der Waals surface area contributed by atoms with Crippen LogP contribution in [0.1, 0.15) is 11.6 Å². The van der Waals surface area contributed by atoms with Gasteiger partial charge in [-0.1, -0.05) is 30.3 Å². The normalized spacial score (nSPS) is 16.1. The highest BCUT2D eigenvalue weighted by Gasteiger charge is 2.30. The van der Waals surface area contributed by atoms with Crippen LogP contribution in [0.25, 0.3) is 0 Å². The van der Waals surface area contributed by atoms with Crippen LogP contribution in [0.3, 0.4) is 0 Å². The summed E-state index contributed by atoms with van der Waals surface area (Å²) in [5.41, 5.74) is 7.00. The molecular weight excluding hydrogens is 335 g/mol. The molecule has 0 unspecified atom stereocenters. The van der Waals surface area contributed by atoms with Crippen molar-refractivity contribution in [1.82, 2.24) is 9.80 Å². The number of urea groups is 1. The van der Waals surface area contributed by atoms with E-state index in [1.54, 1.807) is 4.90 Å². The second-order valence-corrected chi connectivity index (χ2v) is 6.18. The van der Waals surface area contributed by atoms with E-state index in [1.165, 1.54) is 24.3 Å². The van der Waals surface area contributed by atoms with Crippen LogP contribution in [0.15, 0.2) is 54.6 Å². The van der Waals surface area contributed by atoms with E-state index in [1.807, 2.05) is 35.2 Å². The van der Waals surface area contributed by atoms with Gasteiger partial charge in [0, 0.05) is 31.9 Å². The topological polar surface area (TPSA) is 78.7 Å². The SMILES string of the molecule is NC(=O)[C@H](c1ccccc1)N1CCN(C(=O)Nc2ccc(F)cc2)CC1. The van der Waals surface area contributed by atoms with Crippen molar-refractivity contribution in [2.24, 2.45) is 5.73 Å². The first-order chi connectivity index (χ1) is 12.5. The Bertz CT molecular complexity index is 759. The van der Waals surface area contributed by atoms with E-state index in [-0.39, 0.29) is 11.8 Å². The number of nitrogens with two attached hydrogens (primary N) is 1. The number of anilines is 1. The summed E-state index contributed by atoms with van der Waals surface area (Å²) in [5.74, 6) is -0.754. The van der Waals surface area contributed by atoms with Crippen LogP contribution in [0.2, 0.25) is 0 Å². The van der Waals surface area contributed by atoms with E-state index in [0.717, 1.165) is 5.56 Å². The second-order valence-electron chi connectivity index (χ2n) is 6.18. The molecule has 2 aromatic rings. The van der Waals surface area contributed by atoms with Gasteiger partial charge in [-0.2, -0.15) is 0 Å². The molecule has 1 saturated heterocycles. The van der Waals surface area contributed by atoms with Gasteiger partial charge in [0.2, 0.25) is 5.91 Å². The van der Waals surface area contributed by atoms with E-state index >= 15 is 0 Å². The number of carbonyl (C=O) groups is 2. The Balaban J connectivity index is 1.60. The molecule has 3 N–H and O–H groups in total. The predicted octanol–water partition coefficient (Wildman–Crippen LogP) is 2.20. The van der Waals surface area contributed by atoms with E-state index in [0.29, 0.717) is 31.9 Å². The summed E-state index contributed by atoms with van der Waals surface area (Å²) in [7, 11) is 0. The Morgan fingerprint density at radius 1 is 0.962 bits per heavy atom. The van der Waals surface area contributed by atoms with E-state index in [4.69, 9.17) is 5.73 Å². The van der Waals surface area contributed by atoms with Gasteiger partial charge in [-0.05, 0) is 29.8 Å². The zero-order valence-corrected chi connectivity index (χ0v) is 14.3. The number of benzene rings is 2. The third-order valence-corrected chi connectivity index (χ3v) is 4.45. The van der Waals surface area contributed by atoms with Crippen LogP contribution in [0, 0.1) is 5.82 Å². The number of nitrogens with zero attached hydrogens (tertiary/aromatic N) is 2. The maximum absolute atomic E-state index is 12.9. The number of carbonyl (C=O) groups excluding carboxylic acids is 2. The molecule has 1 aliphatic heterocycles. The van der Waals surface area contributed by atoms with Crippen molar-refractivity contribution in [3.8, 4) is 0 Å². The van der Waals surface area contributed by atoms with Crippen LogP contribution >= 0.6 is 0 Å². The minimum Gasteiger partial charge on any atom is -0.368 e. The molecule has 0 aliphatic carbocycles. The Kier molecular flexibility index (Phi) is 5.48.